The molecule has 5 heteroatoms. The van der Waals surface area contributed by atoms with Crippen LogP contribution in [0.3, 0.4) is 0 Å². The Morgan fingerprint density at radius 3 is 2.75 bits per heavy atom. The highest BCUT2D eigenvalue weighted by atomic mass is 79.9. The van der Waals surface area contributed by atoms with Crippen molar-refractivity contribution in [1.29, 1.82) is 0 Å². The van der Waals surface area contributed by atoms with Gasteiger partial charge in [0.25, 0.3) is 0 Å². The fourth-order valence-electron chi connectivity index (χ4n) is 1.50. The summed E-state index contributed by atoms with van der Waals surface area (Å²) in [4.78, 5) is 11.0. The van der Waals surface area contributed by atoms with E-state index in [2.05, 4.69) is 15.9 Å². The van der Waals surface area contributed by atoms with Crippen LogP contribution < -0.4 is 5.73 Å². The monoisotopic (exact) mass is 287 g/mol. The molecule has 0 saturated heterocycles. The number of nitrogens with two attached hydrogens (primary N) is 1. The molecule has 0 aliphatic rings. The highest BCUT2D eigenvalue weighted by Gasteiger charge is 2.15. The number of aliphatic hydroxyl groups is 1. The van der Waals surface area contributed by atoms with Crippen LogP contribution in [0.25, 0.3) is 0 Å². The van der Waals surface area contributed by atoms with Gasteiger partial charge in [-0.25, -0.2) is 4.79 Å². The molecule has 0 saturated carbocycles. The number of carboxylic acid groups (broad SMARTS) is 1. The maximum atomic E-state index is 11.0. The Morgan fingerprint density at radius 2 is 2.19 bits per heavy atom. The Bertz CT molecular complexity index is 381. The quantitative estimate of drug-likeness (QED) is 0.773. The SMILES string of the molecule is N[C@@H](CCCO)c1ccc(Br)cc1C(=O)O. The van der Waals surface area contributed by atoms with Gasteiger partial charge >= 0.3 is 5.97 Å². The first-order chi connectivity index (χ1) is 7.56. The smallest absolute Gasteiger partial charge is 0.336 e. The Morgan fingerprint density at radius 1 is 1.50 bits per heavy atom. The summed E-state index contributed by atoms with van der Waals surface area (Å²) in [7, 11) is 0. The van der Waals surface area contributed by atoms with Gasteiger partial charge in [-0.2, -0.15) is 0 Å². The minimum absolute atomic E-state index is 0.0621. The van der Waals surface area contributed by atoms with Crippen LogP contribution in [0.15, 0.2) is 22.7 Å². The van der Waals surface area contributed by atoms with Crippen LogP contribution in [0.1, 0.15) is 34.8 Å². The highest BCUT2D eigenvalue weighted by Crippen LogP contribution is 2.23. The van der Waals surface area contributed by atoms with Gasteiger partial charge in [0.15, 0.2) is 0 Å². The van der Waals surface area contributed by atoms with Crippen molar-refractivity contribution in [3.8, 4) is 0 Å². The number of benzene rings is 1. The third-order valence-electron chi connectivity index (χ3n) is 2.32. The van der Waals surface area contributed by atoms with Crippen molar-refractivity contribution in [2.24, 2.45) is 5.73 Å². The van der Waals surface area contributed by atoms with Crippen molar-refractivity contribution in [3.63, 3.8) is 0 Å². The summed E-state index contributed by atoms with van der Waals surface area (Å²) in [5.74, 6) is -0.990. The first-order valence-corrected chi connectivity index (χ1v) is 5.74. The molecule has 0 heterocycles. The molecule has 1 aromatic rings. The van der Waals surface area contributed by atoms with Crippen molar-refractivity contribution in [2.45, 2.75) is 18.9 Å². The van der Waals surface area contributed by atoms with E-state index in [4.69, 9.17) is 15.9 Å². The Balaban J connectivity index is 2.98. The fraction of sp³-hybridized carbons (Fsp3) is 0.364. The molecular weight excluding hydrogens is 274 g/mol. The van der Waals surface area contributed by atoms with Crippen LogP contribution in [-0.2, 0) is 0 Å². The first-order valence-electron chi connectivity index (χ1n) is 4.95. The van der Waals surface area contributed by atoms with Crippen molar-refractivity contribution in [2.75, 3.05) is 6.61 Å². The summed E-state index contributed by atoms with van der Waals surface area (Å²) in [6.07, 6.45) is 1.13. The average molecular weight is 288 g/mol. The molecule has 0 fully saturated rings. The summed E-state index contributed by atoms with van der Waals surface area (Å²) in [6.45, 7) is 0.0621. The van der Waals surface area contributed by atoms with Crippen LogP contribution in [0, 0.1) is 0 Å². The molecule has 0 aliphatic carbocycles. The Kier molecular flexibility index (Phi) is 4.92. The van der Waals surface area contributed by atoms with Crippen LogP contribution in [0.2, 0.25) is 0 Å². The third kappa shape index (κ3) is 3.30. The standard InChI is InChI=1S/C11H14BrNO3/c12-7-3-4-8(9(6-7)11(15)16)10(13)2-1-5-14/h3-4,6,10,14H,1-2,5,13H2,(H,15,16)/t10-/m0/s1. The van der Waals surface area contributed by atoms with Gasteiger partial charge in [0.1, 0.15) is 0 Å². The zero-order valence-corrected chi connectivity index (χ0v) is 10.3. The predicted molar refractivity (Wildman–Crippen MR) is 64.3 cm³/mol. The normalized spacial score (nSPS) is 12.4. The summed E-state index contributed by atoms with van der Waals surface area (Å²) >= 11 is 3.22. The van der Waals surface area contributed by atoms with Crippen LogP contribution in [0.5, 0.6) is 0 Å². The van der Waals surface area contributed by atoms with E-state index in [0.717, 1.165) is 0 Å². The number of hydrogen-bond acceptors (Lipinski definition) is 3. The fourth-order valence-corrected chi connectivity index (χ4v) is 1.86. The van der Waals surface area contributed by atoms with Crippen LogP contribution >= 0.6 is 15.9 Å². The van der Waals surface area contributed by atoms with E-state index in [0.29, 0.717) is 22.9 Å². The van der Waals surface area contributed by atoms with E-state index in [-0.39, 0.29) is 18.2 Å². The van der Waals surface area contributed by atoms with Crippen LogP contribution in [-0.4, -0.2) is 22.8 Å². The predicted octanol–water partition coefficient (Wildman–Crippen LogP) is 1.92. The Labute approximate surface area is 102 Å². The van der Waals surface area contributed by atoms with Gasteiger partial charge in [-0.05, 0) is 30.5 Å². The van der Waals surface area contributed by atoms with Gasteiger partial charge in [0, 0.05) is 17.1 Å². The lowest BCUT2D eigenvalue weighted by Crippen LogP contribution is -2.15. The second-order valence-corrected chi connectivity index (χ2v) is 4.42. The zero-order valence-electron chi connectivity index (χ0n) is 8.69. The number of aromatic carboxylic acids is 1. The maximum Gasteiger partial charge on any atom is 0.336 e. The van der Waals surface area contributed by atoms with E-state index >= 15 is 0 Å². The van der Waals surface area contributed by atoms with Crippen molar-refractivity contribution < 1.29 is 15.0 Å². The van der Waals surface area contributed by atoms with Gasteiger partial charge < -0.3 is 15.9 Å². The molecule has 4 N–H and O–H groups in total. The number of aliphatic hydroxyl groups excluding tert-OH is 1. The van der Waals surface area contributed by atoms with Crippen molar-refractivity contribution >= 4 is 21.9 Å². The van der Waals surface area contributed by atoms with E-state index in [1.54, 1.807) is 12.1 Å². The van der Waals surface area contributed by atoms with Gasteiger partial charge in [0.05, 0.1) is 5.56 Å². The Hall–Kier alpha value is -0.910. The first kappa shape index (κ1) is 13.2. The molecule has 0 aliphatic heterocycles. The average Bonchev–Trinajstić information content (AvgIpc) is 2.25. The topological polar surface area (TPSA) is 83.5 Å². The number of carbonyl (C=O) groups is 1. The lowest BCUT2D eigenvalue weighted by Gasteiger charge is -2.14. The molecule has 88 valence electrons. The van der Waals surface area contributed by atoms with Gasteiger partial charge in [-0.3, -0.25) is 0 Å². The minimum atomic E-state index is -0.990. The van der Waals surface area contributed by atoms with Gasteiger partial charge in [-0.15, -0.1) is 0 Å². The maximum absolute atomic E-state index is 11.0. The third-order valence-corrected chi connectivity index (χ3v) is 2.81. The number of rotatable bonds is 5. The molecule has 16 heavy (non-hydrogen) atoms. The summed E-state index contributed by atoms with van der Waals surface area (Å²) in [5, 5.41) is 17.7. The van der Waals surface area contributed by atoms with E-state index < -0.39 is 5.97 Å². The lowest BCUT2D eigenvalue weighted by molar-refractivity contribution is 0.0695. The van der Waals surface area contributed by atoms with Crippen LogP contribution in [0.4, 0.5) is 0 Å². The molecule has 1 aromatic carbocycles. The highest BCUT2D eigenvalue weighted by molar-refractivity contribution is 9.10. The largest absolute Gasteiger partial charge is 0.478 e. The molecule has 0 radical (unpaired) electrons. The minimum Gasteiger partial charge on any atom is -0.478 e. The van der Waals surface area contributed by atoms with Crippen molar-refractivity contribution in [1.82, 2.24) is 0 Å². The molecular formula is C11H14BrNO3. The van der Waals surface area contributed by atoms with Crippen molar-refractivity contribution in [3.05, 3.63) is 33.8 Å². The second kappa shape index (κ2) is 5.98. The number of carboxylic acids is 1. The molecule has 0 amide bonds. The summed E-state index contributed by atoms with van der Waals surface area (Å²) in [6, 6.07) is 4.65. The zero-order chi connectivity index (χ0) is 12.1. The molecule has 4 nitrogen and oxygen atoms in total. The number of hydrogen-bond donors (Lipinski definition) is 3. The van der Waals surface area contributed by atoms with Gasteiger partial charge in [-0.1, -0.05) is 22.0 Å². The van der Waals surface area contributed by atoms with E-state index in [1.807, 2.05) is 0 Å². The molecule has 0 spiro atoms. The lowest BCUT2D eigenvalue weighted by atomic mass is 9.98. The second-order valence-electron chi connectivity index (χ2n) is 3.51. The van der Waals surface area contributed by atoms with E-state index in [1.165, 1.54) is 6.07 Å². The van der Waals surface area contributed by atoms with Gasteiger partial charge in [0.2, 0.25) is 0 Å². The molecule has 0 unspecified atom stereocenters. The molecule has 0 bridgehead atoms. The van der Waals surface area contributed by atoms with E-state index in [9.17, 15) is 4.79 Å². The molecule has 1 atom stereocenters. The summed E-state index contributed by atoms with van der Waals surface area (Å²) in [5.41, 5.74) is 6.69. The summed E-state index contributed by atoms with van der Waals surface area (Å²) < 4.78 is 0.711. The molecule has 1 rings (SSSR count). The number of halogens is 1. The molecule has 0 aromatic heterocycles.